The molecule has 3 aromatic rings. The van der Waals surface area contributed by atoms with Gasteiger partial charge in [-0.3, -0.25) is 19.6 Å². The van der Waals surface area contributed by atoms with Crippen molar-refractivity contribution >= 4 is 46.5 Å². The normalized spacial score (nSPS) is 17.0. The van der Waals surface area contributed by atoms with Gasteiger partial charge in [-0.2, -0.15) is 0 Å². The van der Waals surface area contributed by atoms with E-state index in [0.29, 0.717) is 40.2 Å². The Hall–Kier alpha value is -3.27. The Morgan fingerprint density at radius 1 is 0.889 bits per heavy atom. The van der Waals surface area contributed by atoms with Gasteiger partial charge in [-0.05, 0) is 72.5 Å². The molecule has 0 saturated carbocycles. The minimum absolute atomic E-state index is 0.0548. The lowest BCUT2D eigenvalue weighted by atomic mass is 9.96. The second-order valence-corrected chi connectivity index (χ2v) is 9.28. The SMILES string of the molecule is O=C(NO)c1ccc(-c2cc(NC(=O)c3ccc(Cl)cc3Cl)cc(C(=O)C3CCC(CO)N3)c2)cc1. The molecule has 2 amide bonds. The predicted molar refractivity (Wildman–Crippen MR) is 137 cm³/mol. The van der Waals surface area contributed by atoms with Gasteiger partial charge in [-0.25, -0.2) is 5.48 Å². The number of ketones is 1. The molecule has 0 radical (unpaired) electrons. The van der Waals surface area contributed by atoms with E-state index < -0.39 is 17.9 Å². The number of nitrogens with one attached hydrogen (secondary N) is 3. The van der Waals surface area contributed by atoms with Crippen molar-refractivity contribution in [2.45, 2.75) is 24.9 Å². The average Bonchev–Trinajstić information content (AvgIpc) is 3.37. The number of hydrogen-bond donors (Lipinski definition) is 5. The quantitative estimate of drug-likeness (QED) is 0.177. The molecular formula is C26H23Cl2N3O5. The van der Waals surface area contributed by atoms with Crippen LogP contribution in [0, 0.1) is 0 Å². The van der Waals surface area contributed by atoms with Crippen LogP contribution in [0.2, 0.25) is 10.0 Å². The summed E-state index contributed by atoms with van der Waals surface area (Å²) in [6, 6.07) is 15.4. The number of carbonyl (C=O) groups excluding carboxylic acids is 3. The van der Waals surface area contributed by atoms with Crippen molar-refractivity contribution in [1.29, 1.82) is 0 Å². The highest BCUT2D eigenvalue weighted by molar-refractivity contribution is 6.37. The van der Waals surface area contributed by atoms with Gasteiger partial charge in [0.15, 0.2) is 5.78 Å². The summed E-state index contributed by atoms with van der Waals surface area (Å²) < 4.78 is 0. The second-order valence-electron chi connectivity index (χ2n) is 8.44. The number of benzene rings is 3. The minimum atomic E-state index is -0.649. The van der Waals surface area contributed by atoms with Crippen molar-refractivity contribution in [3.63, 3.8) is 0 Å². The van der Waals surface area contributed by atoms with Crippen molar-refractivity contribution in [3.8, 4) is 11.1 Å². The summed E-state index contributed by atoms with van der Waals surface area (Å²) >= 11 is 12.1. The molecule has 1 aliphatic rings. The highest BCUT2D eigenvalue weighted by atomic mass is 35.5. The topological polar surface area (TPSA) is 128 Å². The maximum absolute atomic E-state index is 13.3. The van der Waals surface area contributed by atoms with Crippen LogP contribution in [0.15, 0.2) is 60.7 Å². The van der Waals surface area contributed by atoms with E-state index in [-0.39, 0.29) is 34.6 Å². The Labute approximate surface area is 217 Å². The maximum atomic E-state index is 13.3. The summed E-state index contributed by atoms with van der Waals surface area (Å²) in [5, 5.41) is 24.8. The van der Waals surface area contributed by atoms with Gasteiger partial charge in [-0.1, -0.05) is 35.3 Å². The Balaban J connectivity index is 1.69. The van der Waals surface area contributed by atoms with Crippen LogP contribution in [0.3, 0.4) is 0 Å². The van der Waals surface area contributed by atoms with Crippen LogP contribution in [-0.4, -0.2) is 46.6 Å². The number of halogens is 2. The molecule has 186 valence electrons. The van der Waals surface area contributed by atoms with Crippen LogP contribution in [0.1, 0.15) is 43.9 Å². The summed E-state index contributed by atoms with van der Waals surface area (Å²) in [6.45, 7) is -0.0548. The van der Waals surface area contributed by atoms with Crippen LogP contribution >= 0.6 is 23.2 Å². The Kier molecular flexibility index (Phi) is 8.03. The number of hydroxylamine groups is 1. The molecule has 10 heteroatoms. The predicted octanol–water partition coefficient (Wildman–Crippen LogP) is 4.33. The van der Waals surface area contributed by atoms with E-state index in [4.69, 9.17) is 28.4 Å². The molecule has 2 atom stereocenters. The Bertz CT molecular complexity index is 1310. The number of Topliss-reactive ketones (excluding diaryl/α,β-unsaturated/α-hetero) is 1. The molecule has 1 fully saturated rings. The highest BCUT2D eigenvalue weighted by Gasteiger charge is 2.29. The van der Waals surface area contributed by atoms with E-state index in [1.165, 1.54) is 24.3 Å². The van der Waals surface area contributed by atoms with Gasteiger partial charge in [0.2, 0.25) is 0 Å². The standard InChI is InChI=1S/C26H23Cl2N3O5/c27-18-5-7-21(22(28)12-18)26(35)30-20-10-16(14-1-3-15(4-2-14)25(34)31-36)9-17(11-20)24(33)23-8-6-19(13-32)29-23/h1-5,7,9-12,19,23,29,32,36H,6,8,13H2,(H,30,35)(H,31,34). The zero-order valence-corrected chi connectivity index (χ0v) is 20.4. The smallest absolute Gasteiger partial charge is 0.274 e. The average molecular weight is 528 g/mol. The molecule has 0 spiro atoms. The Morgan fingerprint density at radius 3 is 2.28 bits per heavy atom. The fourth-order valence-electron chi connectivity index (χ4n) is 4.13. The minimum Gasteiger partial charge on any atom is -0.395 e. The molecule has 2 unspecified atom stereocenters. The zero-order chi connectivity index (χ0) is 25.8. The molecule has 5 N–H and O–H groups in total. The van der Waals surface area contributed by atoms with E-state index in [1.807, 2.05) is 0 Å². The van der Waals surface area contributed by atoms with Gasteiger partial charge in [0.25, 0.3) is 11.8 Å². The lowest BCUT2D eigenvalue weighted by Crippen LogP contribution is -2.37. The van der Waals surface area contributed by atoms with Crippen molar-refractivity contribution < 1.29 is 24.7 Å². The van der Waals surface area contributed by atoms with Crippen LogP contribution in [-0.2, 0) is 0 Å². The molecule has 1 aliphatic heterocycles. The fourth-order valence-corrected chi connectivity index (χ4v) is 4.62. The highest BCUT2D eigenvalue weighted by Crippen LogP contribution is 2.29. The lowest BCUT2D eigenvalue weighted by molar-refractivity contribution is 0.0706. The van der Waals surface area contributed by atoms with E-state index >= 15 is 0 Å². The van der Waals surface area contributed by atoms with Crippen LogP contribution < -0.4 is 16.1 Å². The van der Waals surface area contributed by atoms with Gasteiger partial charge in [-0.15, -0.1) is 0 Å². The summed E-state index contributed by atoms with van der Waals surface area (Å²) in [5.41, 5.74) is 4.13. The molecule has 36 heavy (non-hydrogen) atoms. The van der Waals surface area contributed by atoms with E-state index in [9.17, 15) is 19.5 Å². The second kappa shape index (κ2) is 11.2. The van der Waals surface area contributed by atoms with E-state index in [1.54, 1.807) is 41.9 Å². The van der Waals surface area contributed by atoms with Gasteiger partial charge in [0.05, 0.1) is 23.2 Å². The third-order valence-corrected chi connectivity index (χ3v) is 6.56. The van der Waals surface area contributed by atoms with Crippen LogP contribution in [0.5, 0.6) is 0 Å². The number of aliphatic hydroxyl groups is 1. The van der Waals surface area contributed by atoms with Gasteiger partial charge in [0, 0.05) is 27.9 Å². The first-order valence-corrected chi connectivity index (χ1v) is 11.9. The number of carbonyl (C=O) groups is 3. The largest absolute Gasteiger partial charge is 0.395 e. The summed E-state index contributed by atoms with van der Waals surface area (Å²) in [7, 11) is 0. The fraction of sp³-hybridized carbons (Fsp3) is 0.192. The van der Waals surface area contributed by atoms with Crippen LogP contribution in [0.4, 0.5) is 5.69 Å². The molecule has 0 aliphatic carbocycles. The van der Waals surface area contributed by atoms with Gasteiger partial charge >= 0.3 is 0 Å². The van der Waals surface area contributed by atoms with Crippen LogP contribution in [0.25, 0.3) is 11.1 Å². The summed E-state index contributed by atoms with van der Waals surface area (Å²) in [5.74, 6) is -1.28. The molecular weight excluding hydrogens is 505 g/mol. The number of amides is 2. The molecule has 1 saturated heterocycles. The molecule has 4 rings (SSSR count). The monoisotopic (exact) mass is 527 g/mol. The van der Waals surface area contributed by atoms with E-state index in [2.05, 4.69) is 10.6 Å². The zero-order valence-electron chi connectivity index (χ0n) is 18.9. The van der Waals surface area contributed by atoms with Crippen molar-refractivity contribution in [2.75, 3.05) is 11.9 Å². The van der Waals surface area contributed by atoms with Gasteiger partial charge < -0.3 is 15.7 Å². The molecule has 1 heterocycles. The maximum Gasteiger partial charge on any atom is 0.274 e. The first kappa shape index (κ1) is 25.8. The molecule has 8 nitrogen and oxygen atoms in total. The third-order valence-electron chi connectivity index (χ3n) is 6.01. The number of rotatable bonds is 7. The van der Waals surface area contributed by atoms with Crippen molar-refractivity contribution in [2.24, 2.45) is 0 Å². The molecule has 0 aromatic heterocycles. The summed E-state index contributed by atoms with van der Waals surface area (Å²) in [4.78, 5) is 37.9. The van der Waals surface area contributed by atoms with Crippen molar-refractivity contribution in [1.82, 2.24) is 10.8 Å². The van der Waals surface area contributed by atoms with Gasteiger partial charge in [0.1, 0.15) is 0 Å². The number of hydrogen-bond acceptors (Lipinski definition) is 6. The first-order chi connectivity index (χ1) is 17.3. The number of anilines is 1. The first-order valence-electron chi connectivity index (χ1n) is 11.2. The van der Waals surface area contributed by atoms with Crippen molar-refractivity contribution in [3.05, 3.63) is 87.4 Å². The summed E-state index contributed by atoms with van der Waals surface area (Å²) in [6.07, 6.45) is 1.26. The van der Waals surface area contributed by atoms with E-state index in [0.717, 1.165) is 0 Å². The molecule has 3 aromatic carbocycles. The molecule has 0 bridgehead atoms. The lowest BCUT2D eigenvalue weighted by Gasteiger charge is -2.15. The Morgan fingerprint density at radius 2 is 1.64 bits per heavy atom. The third kappa shape index (κ3) is 5.75. The number of aliphatic hydroxyl groups excluding tert-OH is 1.